The molecular weight excluding hydrogens is 384 g/mol. The van der Waals surface area contributed by atoms with Crippen LogP contribution in [0.25, 0.3) is 5.69 Å². The fourth-order valence-corrected chi connectivity index (χ4v) is 3.00. The zero-order chi connectivity index (χ0) is 22.1. The third kappa shape index (κ3) is 5.47. The van der Waals surface area contributed by atoms with E-state index in [2.05, 4.69) is 5.10 Å². The number of carbonyl (C=O) groups excluding carboxylic acids is 1. The highest BCUT2D eigenvalue weighted by atomic mass is 16.5. The van der Waals surface area contributed by atoms with Crippen molar-refractivity contribution in [3.8, 4) is 11.6 Å². The molecule has 0 spiro atoms. The molecule has 1 aromatic carbocycles. The van der Waals surface area contributed by atoms with Gasteiger partial charge in [-0.3, -0.25) is 5.43 Å². The van der Waals surface area contributed by atoms with Crippen LogP contribution in [0.3, 0.4) is 0 Å². The molecule has 1 heterocycles. The topological polar surface area (TPSA) is 121 Å². The number of urea groups is 1. The van der Waals surface area contributed by atoms with Crippen molar-refractivity contribution in [2.45, 2.75) is 33.8 Å². The maximum Gasteiger partial charge on any atom is 0.350 e. The summed E-state index contributed by atoms with van der Waals surface area (Å²) in [6.07, 6.45) is 4.28. The number of nitrogens with zero attached hydrogens (tertiary/aromatic N) is 3. The van der Waals surface area contributed by atoms with E-state index in [0.717, 1.165) is 27.4 Å². The molecular formula is C21H30N6O3. The van der Waals surface area contributed by atoms with Gasteiger partial charge < -0.3 is 9.47 Å². The number of ether oxygens (including phenoxy) is 2. The maximum absolute atomic E-state index is 11.9. The van der Waals surface area contributed by atoms with Gasteiger partial charge in [-0.05, 0) is 31.9 Å². The van der Waals surface area contributed by atoms with Crippen molar-refractivity contribution in [1.29, 1.82) is 0 Å². The van der Waals surface area contributed by atoms with Gasteiger partial charge in [0, 0.05) is 36.2 Å². The van der Waals surface area contributed by atoms with E-state index in [0.29, 0.717) is 24.6 Å². The van der Waals surface area contributed by atoms with E-state index in [-0.39, 0.29) is 6.61 Å². The maximum atomic E-state index is 11.9. The van der Waals surface area contributed by atoms with Crippen LogP contribution in [-0.4, -0.2) is 34.5 Å². The minimum atomic E-state index is -0.604. The lowest BCUT2D eigenvalue weighted by molar-refractivity contribution is 0.184. The van der Waals surface area contributed by atoms with Crippen LogP contribution in [-0.2, 0) is 11.3 Å². The van der Waals surface area contributed by atoms with E-state index in [1.165, 1.54) is 0 Å². The van der Waals surface area contributed by atoms with Gasteiger partial charge in [-0.15, -0.1) is 5.10 Å². The number of hydrazine groups is 2. The van der Waals surface area contributed by atoms with Crippen LogP contribution >= 0.6 is 0 Å². The van der Waals surface area contributed by atoms with Crippen LogP contribution in [0.2, 0.25) is 0 Å². The molecule has 9 heteroatoms. The summed E-state index contributed by atoms with van der Waals surface area (Å²) in [6.45, 7) is 6.43. The van der Waals surface area contributed by atoms with E-state index < -0.39 is 6.03 Å². The van der Waals surface area contributed by atoms with Crippen molar-refractivity contribution < 1.29 is 14.3 Å². The normalized spacial score (nSPS) is 12.4. The fourth-order valence-electron chi connectivity index (χ4n) is 3.00. The Hall–Kier alpha value is -3.14. The number of rotatable bonds is 9. The number of amides is 2. The summed E-state index contributed by atoms with van der Waals surface area (Å²) < 4.78 is 12.9. The number of para-hydroxylation sites is 1. The molecule has 2 amide bonds. The van der Waals surface area contributed by atoms with Gasteiger partial charge in [0.2, 0.25) is 5.88 Å². The van der Waals surface area contributed by atoms with Crippen molar-refractivity contribution in [2.75, 3.05) is 13.7 Å². The SMILES string of the molecule is C/C=C(C)\C(COc1ccn(-c2ccccc2COC)n1)=C(/CC)N(N)C(=O)NN. The number of hydrogen-bond acceptors (Lipinski definition) is 6. The smallest absolute Gasteiger partial charge is 0.350 e. The van der Waals surface area contributed by atoms with Gasteiger partial charge in [0.15, 0.2) is 0 Å². The molecule has 0 fully saturated rings. The largest absolute Gasteiger partial charge is 0.472 e. The highest BCUT2D eigenvalue weighted by molar-refractivity contribution is 5.75. The lowest BCUT2D eigenvalue weighted by Crippen LogP contribution is -2.47. The van der Waals surface area contributed by atoms with Crippen molar-refractivity contribution in [3.05, 3.63) is 65.0 Å². The van der Waals surface area contributed by atoms with E-state index in [4.69, 9.17) is 21.2 Å². The second-order valence-electron chi connectivity index (χ2n) is 6.52. The van der Waals surface area contributed by atoms with Crippen LogP contribution in [0.1, 0.15) is 32.8 Å². The van der Waals surface area contributed by atoms with Gasteiger partial charge in [-0.25, -0.2) is 26.2 Å². The second kappa shape index (κ2) is 11.1. The van der Waals surface area contributed by atoms with E-state index in [1.807, 2.05) is 62.7 Å². The molecule has 2 aromatic rings. The van der Waals surface area contributed by atoms with Gasteiger partial charge in [0.05, 0.1) is 12.3 Å². The molecule has 0 aliphatic heterocycles. The van der Waals surface area contributed by atoms with Crippen molar-refractivity contribution in [2.24, 2.45) is 11.7 Å². The van der Waals surface area contributed by atoms with Gasteiger partial charge >= 0.3 is 6.03 Å². The van der Waals surface area contributed by atoms with Gasteiger partial charge in [-0.1, -0.05) is 31.2 Å². The molecule has 2 rings (SSSR count). The number of carbonyl (C=O) groups is 1. The predicted octanol–water partition coefficient (Wildman–Crippen LogP) is 2.79. The number of nitrogens with two attached hydrogens (primary N) is 2. The average Bonchev–Trinajstić information content (AvgIpc) is 3.24. The molecule has 1 aromatic heterocycles. The number of benzene rings is 1. The minimum Gasteiger partial charge on any atom is -0.472 e. The van der Waals surface area contributed by atoms with E-state index in [9.17, 15) is 4.79 Å². The molecule has 0 unspecified atom stereocenters. The summed E-state index contributed by atoms with van der Waals surface area (Å²) in [6, 6.07) is 9.03. The van der Waals surface area contributed by atoms with Gasteiger partial charge in [-0.2, -0.15) is 0 Å². The molecule has 0 saturated heterocycles. The van der Waals surface area contributed by atoms with E-state index >= 15 is 0 Å². The number of aromatic nitrogens is 2. The summed E-state index contributed by atoms with van der Waals surface area (Å²) in [4.78, 5) is 11.9. The standard InChI is InChI=1S/C21H30N6O3/c1-5-15(3)17(18(6-2)27(23)21(28)24-22)14-30-20-11-12-26(25-20)19-10-8-7-9-16(19)13-29-4/h5,7-12H,6,13-14,22-23H2,1-4H3,(H,24,28)/b15-5-,18-17+. The van der Waals surface area contributed by atoms with Crippen molar-refractivity contribution in [1.82, 2.24) is 20.2 Å². The van der Waals surface area contributed by atoms with Gasteiger partial charge in [0.1, 0.15) is 6.61 Å². The molecule has 30 heavy (non-hydrogen) atoms. The fraction of sp³-hybridized carbons (Fsp3) is 0.333. The lowest BCUT2D eigenvalue weighted by atomic mass is 10.0. The first kappa shape index (κ1) is 23.1. The highest BCUT2D eigenvalue weighted by Gasteiger charge is 2.18. The molecule has 0 aliphatic rings. The minimum absolute atomic E-state index is 0.196. The van der Waals surface area contributed by atoms with Crippen LogP contribution in [0.5, 0.6) is 5.88 Å². The Morgan fingerprint density at radius 3 is 2.70 bits per heavy atom. The molecule has 5 N–H and O–H groups in total. The van der Waals surface area contributed by atoms with Crippen LogP contribution in [0, 0.1) is 0 Å². The molecule has 0 bridgehead atoms. The third-order valence-electron chi connectivity index (χ3n) is 4.69. The average molecular weight is 415 g/mol. The van der Waals surface area contributed by atoms with Gasteiger partial charge in [0.25, 0.3) is 0 Å². The molecule has 9 nitrogen and oxygen atoms in total. The Morgan fingerprint density at radius 1 is 1.33 bits per heavy atom. The Labute approximate surface area is 176 Å². The predicted molar refractivity (Wildman–Crippen MR) is 115 cm³/mol. The number of allylic oxidation sites excluding steroid dienone is 2. The molecule has 162 valence electrons. The van der Waals surface area contributed by atoms with E-state index in [1.54, 1.807) is 17.9 Å². The Balaban J connectivity index is 2.27. The zero-order valence-corrected chi connectivity index (χ0v) is 17.9. The first-order chi connectivity index (χ1) is 14.5. The molecule has 0 aliphatic carbocycles. The Kier molecular flexibility index (Phi) is 8.60. The summed E-state index contributed by atoms with van der Waals surface area (Å²) >= 11 is 0. The molecule has 0 saturated carbocycles. The van der Waals surface area contributed by atoms with Crippen LogP contribution in [0.4, 0.5) is 4.79 Å². The summed E-state index contributed by atoms with van der Waals surface area (Å²) in [5, 5.41) is 5.52. The summed E-state index contributed by atoms with van der Waals surface area (Å²) in [5.74, 6) is 11.6. The molecule has 0 radical (unpaired) electrons. The monoisotopic (exact) mass is 414 g/mol. The Bertz CT molecular complexity index is 919. The highest BCUT2D eigenvalue weighted by Crippen LogP contribution is 2.22. The molecule has 0 atom stereocenters. The number of methoxy groups -OCH3 is 1. The third-order valence-corrected chi connectivity index (χ3v) is 4.69. The van der Waals surface area contributed by atoms with Crippen LogP contribution < -0.4 is 21.8 Å². The lowest BCUT2D eigenvalue weighted by Gasteiger charge is -2.23. The summed E-state index contributed by atoms with van der Waals surface area (Å²) in [5.41, 5.74) is 6.31. The number of nitrogens with one attached hydrogen (secondary N) is 1. The zero-order valence-electron chi connectivity index (χ0n) is 17.9. The van der Waals surface area contributed by atoms with Crippen molar-refractivity contribution in [3.63, 3.8) is 0 Å². The first-order valence-electron chi connectivity index (χ1n) is 9.63. The first-order valence-corrected chi connectivity index (χ1v) is 9.63. The van der Waals surface area contributed by atoms with Crippen molar-refractivity contribution >= 4 is 6.03 Å². The number of hydrogen-bond donors (Lipinski definition) is 3. The van der Waals surface area contributed by atoms with Crippen LogP contribution in [0.15, 0.2) is 59.4 Å². The Morgan fingerprint density at radius 2 is 2.07 bits per heavy atom. The summed E-state index contributed by atoms with van der Waals surface area (Å²) in [7, 11) is 1.66. The second-order valence-corrected chi connectivity index (χ2v) is 6.52. The quantitative estimate of drug-likeness (QED) is 0.251.